The van der Waals surface area contributed by atoms with Crippen LogP contribution in [-0.2, 0) is 16.1 Å². The van der Waals surface area contributed by atoms with E-state index in [2.05, 4.69) is 21.1 Å². The molecule has 0 aliphatic heterocycles. The summed E-state index contributed by atoms with van der Waals surface area (Å²) in [6.07, 6.45) is 3.46. The molecule has 2 rings (SSSR count). The first-order valence-corrected chi connectivity index (χ1v) is 7.19. The molecule has 1 heterocycles. The molecule has 1 aromatic carbocycles. The van der Waals surface area contributed by atoms with Crippen LogP contribution in [0.4, 0.5) is 20.6 Å². The number of halogens is 1. The third kappa shape index (κ3) is 6.01. The van der Waals surface area contributed by atoms with E-state index in [0.717, 1.165) is 0 Å². The van der Waals surface area contributed by atoms with E-state index in [1.165, 1.54) is 25.3 Å². The Hall–Kier alpha value is -3.00. The number of carbonyl (C=O) groups is 2. The quantitative estimate of drug-likeness (QED) is 0.560. The molecule has 1 aromatic heterocycles. The first kappa shape index (κ1) is 17.4. The van der Waals surface area contributed by atoms with E-state index >= 15 is 0 Å². The molecule has 0 spiro atoms. The van der Waals surface area contributed by atoms with Crippen molar-refractivity contribution >= 4 is 23.3 Å². The Balaban J connectivity index is 1.92. The van der Waals surface area contributed by atoms with E-state index in [-0.39, 0.29) is 12.5 Å². The summed E-state index contributed by atoms with van der Waals surface area (Å²) < 4.78 is 13.7. The van der Waals surface area contributed by atoms with Gasteiger partial charge in [0.2, 0.25) is 5.91 Å². The topological polar surface area (TPSA) is 92.4 Å². The lowest BCUT2D eigenvalue weighted by atomic mass is 10.1. The molecule has 126 valence electrons. The van der Waals surface area contributed by atoms with Gasteiger partial charge in [-0.15, -0.1) is 0 Å². The number of amides is 3. The number of rotatable bonds is 6. The third-order valence-corrected chi connectivity index (χ3v) is 2.84. The number of hydroxylamine groups is 1. The van der Waals surface area contributed by atoms with Gasteiger partial charge in [0.05, 0.1) is 18.5 Å². The standard InChI is InChI=1S/C16H17FN4O3/c1-11(22)21-24-6-4-12-7-13(17)9-15(8-12)20-16(23)19-14-3-2-5-18-10-14/h2-3,5,7-10H,4,6H2,1H3,(H,21,22)(H2,19,20,23). The molecule has 3 N–H and O–H groups in total. The fourth-order valence-corrected chi connectivity index (χ4v) is 1.92. The van der Waals surface area contributed by atoms with Gasteiger partial charge in [-0.25, -0.2) is 14.7 Å². The number of nitrogens with zero attached hydrogens (tertiary/aromatic N) is 1. The number of nitrogens with one attached hydrogen (secondary N) is 3. The summed E-state index contributed by atoms with van der Waals surface area (Å²) in [4.78, 5) is 31.4. The fourth-order valence-electron chi connectivity index (χ4n) is 1.92. The first-order chi connectivity index (χ1) is 11.5. The maximum absolute atomic E-state index is 13.7. The third-order valence-electron chi connectivity index (χ3n) is 2.84. The molecule has 0 atom stereocenters. The summed E-state index contributed by atoms with van der Waals surface area (Å²) in [5.41, 5.74) is 3.64. The van der Waals surface area contributed by atoms with Crippen molar-refractivity contribution in [3.8, 4) is 0 Å². The zero-order valence-corrected chi connectivity index (χ0v) is 13.0. The van der Waals surface area contributed by atoms with Crippen molar-refractivity contribution in [1.82, 2.24) is 10.5 Å². The number of pyridine rings is 1. The maximum Gasteiger partial charge on any atom is 0.323 e. The highest BCUT2D eigenvalue weighted by molar-refractivity contribution is 5.99. The molecule has 0 saturated carbocycles. The Labute approximate surface area is 138 Å². The Bertz CT molecular complexity index is 710. The predicted octanol–water partition coefficient (Wildman–Crippen LogP) is 2.47. The van der Waals surface area contributed by atoms with Crippen LogP contribution < -0.4 is 16.1 Å². The van der Waals surface area contributed by atoms with Gasteiger partial charge in [0, 0.05) is 18.8 Å². The summed E-state index contributed by atoms with van der Waals surface area (Å²) in [6, 6.07) is 7.04. The molecule has 0 radical (unpaired) electrons. The lowest BCUT2D eigenvalue weighted by Gasteiger charge is -2.10. The Morgan fingerprint density at radius 2 is 2.00 bits per heavy atom. The van der Waals surface area contributed by atoms with E-state index in [1.54, 1.807) is 24.4 Å². The van der Waals surface area contributed by atoms with Crippen molar-refractivity contribution in [2.75, 3.05) is 17.2 Å². The highest BCUT2D eigenvalue weighted by atomic mass is 19.1. The van der Waals surface area contributed by atoms with E-state index in [4.69, 9.17) is 4.84 Å². The van der Waals surface area contributed by atoms with Gasteiger partial charge in [-0.05, 0) is 42.3 Å². The molecule has 0 saturated heterocycles. The lowest BCUT2D eigenvalue weighted by molar-refractivity contribution is -0.131. The van der Waals surface area contributed by atoms with Crippen molar-refractivity contribution in [1.29, 1.82) is 0 Å². The van der Waals surface area contributed by atoms with Gasteiger partial charge in [0.1, 0.15) is 5.82 Å². The molecular weight excluding hydrogens is 315 g/mol. The molecule has 3 amide bonds. The van der Waals surface area contributed by atoms with Crippen LogP contribution in [0.15, 0.2) is 42.7 Å². The highest BCUT2D eigenvalue weighted by Gasteiger charge is 2.06. The molecule has 0 fully saturated rings. The first-order valence-electron chi connectivity index (χ1n) is 7.19. The van der Waals surface area contributed by atoms with E-state index in [9.17, 15) is 14.0 Å². The number of aromatic nitrogens is 1. The number of hydrogen-bond acceptors (Lipinski definition) is 4. The summed E-state index contributed by atoms with van der Waals surface area (Å²) in [5, 5.41) is 5.14. The molecule has 24 heavy (non-hydrogen) atoms. The summed E-state index contributed by atoms with van der Waals surface area (Å²) in [6.45, 7) is 1.51. The molecule has 0 aliphatic rings. The van der Waals surface area contributed by atoms with Crippen LogP contribution in [0, 0.1) is 5.82 Å². The molecule has 0 bridgehead atoms. The maximum atomic E-state index is 13.7. The molecule has 0 aliphatic carbocycles. The Kier molecular flexibility index (Phi) is 6.21. The monoisotopic (exact) mass is 332 g/mol. The molecular formula is C16H17FN4O3. The van der Waals surface area contributed by atoms with E-state index in [1.807, 2.05) is 0 Å². The SMILES string of the molecule is CC(=O)NOCCc1cc(F)cc(NC(=O)Nc2cccnc2)c1. The van der Waals surface area contributed by atoms with Crippen LogP contribution in [0.3, 0.4) is 0 Å². The van der Waals surface area contributed by atoms with Gasteiger partial charge in [0.15, 0.2) is 0 Å². The van der Waals surface area contributed by atoms with Crippen LogP contribution in [0.25, 0.3) is 0 Å². The van der Waals surface area contributed by atoms with Gasteiger partial charge in [-0.1, -0.05) is 0 Å². The molecule has 8 heteroatoms. The van der Waals surface area contributed by atoms with Gasteiger partial charge >= 0.3 is 6.03 Å². The zero-order valence-electron chi connectivity index (χ0n) is 13.0. The average molecular weight is 332 g/mol. The van der Waals surface area contributed by atoms with Crippen molar-refractivity contribution < 1.29 is 18.8 Å². The highest BCUT2D eigenvalue weighted by Crippen LogP contribution is 2.15. The zero-order chi connectivity index (χ0) is 17.4. The van der Waals surface area contributed by atoms with Crippen LogP contribution in [0.2, 0.25) is 0 Å². The van der Waals surface area contributed by atoms with Crippen molar-refractivity contribution in [3.63, 3.8) is 0 Å². The molecule has 0 unspecified atom stereocenters. The van der Waals surface area contributed by atoms with Crippen LogP contribution in [0.1, 0.15) is 12.5 Å². The molecule has 2 aromatic rings. The predicted molar refractivity (Wildman–Crippen MR) is 86.8 cm³/mol. The number of carbonyl (C=O) groups excluding carboxylic acids is 2. The smallest absolute Gasteiger partial charge is 0.308 e. The normalized spacial score (nSPS) is 10.1. The van der Waals surface area contributed by atoms with E-state index < -0.39 is 11.8 Å². The lowest BCUT2D eigenvalue weighted by Crippen LogP contribution is -2.21. The second kappa shape index (κ2) is 8.59. The Morgan fingerprint density at radius 1 is 1.21 bits per heavy atom. The van der Waals surface area contributed by atoms with Crippen LogP contribution >= 0.6 is 0 Å². The minimum Gasteiger partial charge on any atom is -0.308 e. The van der Waals surface area contributed by atoms with Gasteiger partial charge in [0.25, 0.3) is 0 Å². The largest absolute Gasteiger partial charge is 0.323 e. The van der Waals surface area contributed by atoms with Crippen LogP contribution in [0.5, 0.6) is 0 Å². The summed E-state index contributed by atoms with van der Waals surface area (Å²) in [5.74, 6) is -0.799. The second-order valence-electron chi connectivity index (χ2n) is 4.93. The average Bonchev–Trinajstić information content (AvgIpc) is 2.51. The van der Waals surface area contributed by atoms with E-state index in [0.29, 0.717) is 23.4 Å². The van der Waals surface area contributed by atoms with Gasteiger partial charge < -0.3 is 10.6 Å². The van der Waals surface area contributed by atoms with Crippen molar-refractivity contribution in [2.24, 2.45) is 0 Å². The Morgan fingerprint density at radius 3 is 2.71 bits per heavy atom. The van der Waals surface area contributed by atoms with Gasteiger partial charge in [-0.3, -0.25) is 14.6 Å². The number of anilines is 2. The minimum absolute atomic E-state index is 0.185. The molecule has 7 nitrogen and oxygen atoms in total. The summed E-state index contributed by atoms with van der Waals surface area (Å²) >= 11 is 0. The van der Waals surface area contributed by atoms with Crippen molar-refractivity contribution in [2.45, 2.75) is 13.3 Å². The number of hydrogen-bond donors (Lipinski definition) is 3. The van der Waals surface area contributed by atoms with Crippen molar-refractivity contribution in [3.05, 3.63) is 54.1 Å². The van der Waals surface area contributed by atoms with Gasteiger partial charge in [-0.2, -0.15) is 0 Å². The number of urea groups is 1. The fraction of sp³-hybridized carbons (Fsp3) is 0.188. The second-order valence-corrected chi connectivity index (χ2v) is 4.93. The summed E-state index contributed by atoms with van der Waals surface area (Å²) in [7, 11) is 0. The minimum atomic E-state index is -0.506. The number of benzene rings is 1. The van der Waals surface area contributed by atoms with Crippen LogP contribution in [-0.4, -0.2) is 23.5 Å².